The lowest BCUT2D eigenvalue weighted by Crippen LogP contribution is -2.57. The van der Waals surface area contributed by atoms with E-state index >= 15 is 0 Å². The lowest BCUT2D eigenvalue weighted by atomic mass is 10.00. The molecule has 3 unspecified atom stereocenters. The summed E-state index contributed by atoms with van der Waals surface area (Å²) >= 11 is 3.34. The zero-order chi connectivity index (χ0) is 29.2. The fraction of sp³-hybridized carbons (Fsp3) is 0.560. The first kappa shape index (κ1) is 32.9. The Hall–Kier alpha value is -3.09. The van der Waals surface area contributed by atoms with Crippen molar-refractivity contribution in [2.75, 3.05) is 0 Å². The van der Waals surface area contributed by atoms with Gasteiger partial charge in [0, 0.05) is 17.3 Å². The normalized spacial score (nSPS) is 13.8. The van der Waals surface area contributed by atoms with E-state index in [0.717, 1.165) is 4.47 Å². The minimum absolute atomic E-state index is 0.0199. The van der Waals surface area contributed by atoms with Crippen LogP contribution in [0.2, 0.25) is 0 Å². The quantitative estimate of drug-likeness (QED) is 0.252. The Bertz CT molecular complexity index is 1010. The van der Waals surface area contributed by atoms with Gasteiger partial charge in [-0.25, -0.2) is 18.4 Å². The topological polar surface area (TPSA) is 151 Å². The number of aliphatic carboxylic acids is 1. The first-order valence-corrected chi connectivity index (χ1v) is 12.7. The largest absolute Gasteiger partial charge is 0.475 e. The number of amides is 3. The van der Waals surface area contributed by atoms with Gasteiger partial charge >= 0.3 is 12.1 Å². The molecule has 1 aromatic rings. The van der Waals surface area contributed by atoms with Gasteiger partial charge in [0.1, 0.15) is 23.7 Å². The third-order valence-electron chi connectivity index (χ3n) is 4.93. The van der Waals surface area contributed by atoms with Gasteiger partial charge in [-0.3, -0.25) is 14.4 Å². The molecule has 0 heterocycles. The highest BCUT2D eigenvalue weighted by Gasteiger charge is 2.34. The number of hydrogen-bond acceptors (Lipinski definition) is 6. The summed E-state index contributed by atoms with van der Waals surface area (Å²) in [6.07, 6.45) is -5.08. The van der Waals surface area contributed by atoms with Gasteiger partial charge < -0.3 is 25.8 Å². The number of benzene rings is 1. The summed E-state index contributed by atoms with van der Waals surface area (Å²) in [7, 11) is 0. The molecule has 4 N–H and O–H groups in total. The van der Waals surface area contributed by atoms with Crippen molar-refractivity contribution in [2.24, 2.45) is 5.92 Å². The van der Waals surface area contributed by atoms with Crippen LogP contribution in [0.5, 0.6) is 0 Å². The molecule has 212 valence electrons. The van der Waals surface area contributed by atoms with Crippen LogP contribution >= 0.6 is 15.9 Å². The number of hydrogen-bond donors (Lipinski definition) is 4. The molecule has 0 fully saturated rings. The van der Waals surface area contributed by atoms with E-state index < -0.39 is 66.2 Å². The smallest absolute Gasteiger partial charge is 0.408 e. The van der Waals surface area contributed by atoms with Gasteiger partial charge in [-0.15, -0.1) is 0 Å². The van der Waals surface area contributed by atoms with Crippen molar-refractivity contribution in [2.45, 2.75) is 84.0 Å². The van der Waals surface area contributed by atoms with E-state index in [1.165, 1.54) is 0 Å². The Kier molecular flexibility index (Phi) is 12.8. The van der Waals surface area contributed by atoms with Crippen LogP contribution in [0.25, 0.3) is 0 Å². The molecule has 1 rings (SSSR count). The number of Topliss-reactive ketones (excluding diaryl/α,β-unsaturated/α-hetero) is 1. The Balaban J connectivity index is 3.19. The third-order valence-corrected chi connectivity index (χ3v) is 5.43. The molecule has 0 aliphatic carbocycles. The molecule has 10 nitrogen and oxygen atoms in total. The van der Waals surface area contributed by atoms with E-state index in [1.54, 1.807) is 58.9 Å². The SMILES string of the molecule is CC(C)CC(NC(=O)C(Cc1cccc(Br)c1)NC(=O)OC(C)(C)C)C(=O)NC(CC(F)F)C(=O)C(=O)O. The Morgan fingerprint density at radius 1 is 0.947 bits per heavy atom. The molecule has 0 saturated carbocycles. The Morgan fingerprint density at radius 2 is 1.53 bits per heavy atom. The van der Waals surface area contributed by atoms with Gasteiger partial charge in [0.15, 0.2) is 0 Å². The fourth-order valence-corrected chi connectivity index (χ4v) is 3.81. The van der Waals surface area contributed by atoms with Crippen molar-refractivity contribution in [1.82, 2.24) is 16.0 Å². The number of halogens is 3. The van der Waals surface area contributed by atoms with Gasteiger partial charge in [-0.05, 0) is 50.8 Å². The summed E-state index contributed by atoms with van der Waals surface area (Å²) in [5.41, 5.74) is -0.179. The maximum atomic E-state index is 13.3. The molecule has 0 aliphatic rings. The van der Waals surface area contributed by atoms with Gasteiger partial charge in [0.2, 0.25) is 18.2 Å². The van der Waals surface area contributed by atoms with Gasteiger partial charge in [-0.1, -0.05) is 41.9 Å². The van der Waals surface area contributed by atoms with E-state index in [-0.39, 0.29) is 18.8 Å². The number of carbonyl (C=O) groups excluding carboxylic acids is 4. The van der Waals surface area contributed by atoms with Crippen molar-refractivity contribution in [1.29, 1.82) is 0 Å². The maximum Gasteiger partial charge on any atom is 0.408 e. The molecule has 0 radical (unpaired) electrons. The van der Waals surface area contributed by atoms with E-state index in [2.05, 4.69) is 26.6 Å². The molecule has 0 spiro atoms. The number of ether oxygens (including phenoxy) is 1. The van der Waals surface area contributed by atoms with E-state index in [9.17, 15) is 32.8 Å². The number of rotatable bonds is 13. The number of carboxylic acid groups (broad SMARTS) is 1. The number of carbonyl (C=O) groups is 5. The average molecular weight is 606 g/mol. The molecule has 0 aliphatic heterocycles. The second kappa shape index (κ2) is 14.7. The van der Waals surface area contributed by atoms with Crippen LogP contribution in [0.1, 0.15) is 53.0 Å². The molecule has 13 heteroatoms. The molecule has 3 amide bonds. The first-order chi connectivity index (χ1) is 17.5. The molecular weight excluding hydrogens is 572 g/mol. The van der Waals surface area contributed by atoms with Crippen LogP contribution in [0.3, 0.4) is 0 Å². The standard InChI is InChI=1S/C25H34BrF2N3O7/c1-13(2)9-17(21(33)29-16(12-19(27)28)20(32)23(35)36)30-22(34)18(31-24(37)38-25(3,4)5)11-14-7-6-8-15(26)10-14/h6-8,10,13,16-19H,9,11-12H2,1-5H3,(H,29,33)(H,30,34)(H,31,37)(H,35,36). The highest BCUT2D eigenvalue weighted by atomic mass is 79.9. The third kappa shape index (κ3) is 12.4. The number of ketones is 1. The van der Waals surface area contributed by atoms with Crippen LogP contribution in [-0.2, 0) is 30.3 Å². The Labute approximate surface area is 228 Å². The van der Waals surface area contributed by atoms with Crippen molar-refractivity contribution in [3.63, 3.8) is 0 Å². The summed E-state index contributed by atoms with van der Waals surface area (Å²) < 4.78 is 31.9. The minimum atomic E-state index is -3.06. The first-order valence-electron chi connectivity index (χ1n) is 11.9. The average Bonchev–Trinajstić information content (AvgIpc) is 2.75. The van der Waals surface area contributed by atoms with Crippen LogP contribution < -0.4 is 16.0 Å². The molecule has 0 saturated heterocycles. The summed E-state index contributed by atoms with van der Waals surface area (Å²) in [5, 5.41) is 15.9. The lowest BCUT2D eigenvalue weighted by molar-refractivity contribution is -0.151. The molecule has 0 bridgehead atoms. The highest BCUT2D eigenvalue weighted by Crippen LogP contribution is 2.15. The fourth-order valence-electron chi connectivity index (χ4n) is 3.37. The number of alkyl carbamates (subject to hydrolysis) is 1. The van der Waals surface area contributed by atoms with E-state index in [4.69, 9.17) is 9.84 Å². The van der Waals surface area contributed by atoms with Gasteiger partial charge in [-0.2, -0.15) is 0 Å². The van der Waals surface area contributed by atoms with E-state index in [0.29, 0.717) is 5.56 Å². The highest BCUT2D eigenvalue weighted by molar-refractivity contribution is 9.10. The predicted octanol–water partition coefficient (Wildman–Crippen LogP) is 3.21. The molecule has 38 heavy (non-hydrogen) atoms. The second-order valence-electron chi connectivity index (χ2n) is 10.1. The van der Waals surface area contributed by atoms with Gasteiger partial charge in [0.25, 0.3) is 5.78 Å². The second-order valence-corrected chi connectivity index (χ2v) is 11.0. The summed E-state index contributed by atoms with van der Waals surface area (Å²) in [5.74, 6) is -5.53. The lowest BCUT2D eigenvalue weighted by Gasteiger charge is -2.27. The van der Waals surface area contributed by atoms with Crippen LogP contribution in [0.4, 0.5) is 13.6 Å². The molecule has 3 atom stereocenters. The molecule has 1 aromatic carbocycles. The predicted molar refractivity (Wildman–Crippen MR) is 138 cm³/mol. The van der Waals surface area contributed by atoms with Crippen LogP contribution in [-0.4, -0.2) is 64.9 Å². The molecule has 0 aromatic heterocycles. The maximum absolute atomic E-state index is 13.3. The Morgan fingerprint density at radius 3 is 2.03 bits per heavy atom. The monoisotopic (exact) mass is 605 g/mol. The number of carboxylic acids is 1. The zero-order valence-electron chi connectivity index (χ0n) is 21.8. The summed E-state index contributed by atoms with van der Waals surface area (Å²) in [6.45, 7) is 8.42. The summed E-state index contributed by atoms with van der Waals surface area (Å²) in [4.78, 5) is 61.6. The van der Waals surface area contributed by atoms with Crippen molar-refractivity contribution >= 4 is 45.6 Å². The van der Waals surface area contributed by atoms with Crippen molar-refractivity contribution < 1.29 is 42.6 Å². The number of alkyl halides is 2. The van der Waals surface area contributed by atoms with Crippen LogP contribution in [0.15, 0.2) is 28.7 Å². The zero-order valence-corrected chi connectivity index (χ0v) is 23.4. The van der Waals surface area contributed by atoms with Crippen LogP contribution in [0, 0.1) is 5.92 Å². The van der Waals surface area contributed by atoms with Crippen molar-refractivity contribution in [3.8, 4) is 0 Å². The minimum Gasteiger partial charge on any atom is -0.475 e. The van der Waals surface area contributed by atoms with Gasteiger partial charge in [0.05, 0.1) is 0 Å². The summed E-state index contributed by atoms with van der Waals surface area (Å²) in [6, 6.07) is 2.49. The van der Waals surface area contributed by atoms with Crippen molar-refractivity contribution in [3.05, 3.63) is 34.3 Å². The number of nitrogens with one attached hydrogen (secondary N) is 3. The van der Waals surface area contributed by atoms with E-state index in [1.807, 2.05) is 5.32 Å². The molecular formula is C25H34BrF2N3O7.